The Bertz CT molecular complexity index is 295. The van der Waals surface area contributed by atoms with Gasteiger partial charge < -0.3 is 5.32 Å². The van der Waals surface area contributed by atoms with Crippen LogP contribution in [-0.2, 0) is 13.0 Å². The molecule has 1 aromatic rings. The zero-order valence-corrected chi connectivity index (χ0v) is 10.9. The molecule has 1 N–H and O–H groups in total. The minimum absolute atomic E-state index is 0.525. The van der Waals surface area contributed by atoms with Crippen LogP contribution in [0, 0.1) is 5.92 Å². The van der Waals surface area contributed by atoms with E-state index in [0.717, 1.165) is 25.2 Å². The highest BCUT2D eigenvalue weighted by Crippen LogP contribution is 2.14. The molecular weight excluding hydrogens is 200 g/mol. The van der Waals surface area contributed by atoms with E-state index in [2.05, 4.69) is 36.2 Å². The van der Waals surface area contributed by atoms with Crippen molar-refractivity contribution in [2.24, 2.45) is 5.92 Å². The van der Waals surface area contributed by atoms with Gasteiger partial charge in [-0.15, -0.1) is 0 Å². The summed E-state index contributed by atoms with van der Waals surface area (Å²) in [6, 6.07) is 0.525. The molecule has 92 valence electrons. The van der Waals surface area contributed by atoms with Gasteiger partial charge in [0.05, 0.1) is 0 Å². The van der Waals surface area contributed by atoms with Gasteiger partial charge in [0.1, 0.15) is 12.2 Å². The normalized spacial score (nSPS) is 15.0. The molecule has 0 aliphatic rings. The largest absolute Gasteiger partial charge is 0.317 e. The van der Waals surface area contributed by atoms with E-state index in [-0.39, 0.29) is 0 Å². The van der Waals surface area contributed by atoms with Crippen LogP contribution in [0.5, 0.6) is 0 Å². The third-order valence-electron chi connectivity index (χ3n) is 3.26. The Morgan fingerprint density at radius 3 is 2.75 bits per heavy atom. The topological polar surface area (TPSA) is 42.7 Å². The van der Waals surface area contributed by atoms with Gasteiger partial charge in [-0.05, 0) is 26.3 Å². The van der Waals surface area contributed by atoms with E-state index in [1.54, 1.807) is 6.33 Å². The van der Waals surface area contributed by atoms with Crippen molar-refractivity contribution in [2.45, 2.75) is 52.6 Å². The van der Waals surface area contributed by atoms with Gasteiger partial charge in [-0.3, -0.25) is 4.68 Å². The third kappa shape index (κ3) is 3.30. The van der Waals surface area contributed by atoms with Gasteiger partial charge in [-0.2, -0.15) is 5.10 Å². The first-order chi connectivity index (χ1) is 7.72. The van der Waals surface area contributed by atoms with E-state index < -0.39 is 0 Å². The van der Waals surface area contributed by atoms with E-state index in [9.17, 15) is 0 Å². The van der Waals surface area contributed by atoms with E-state index in [0.29, 0.717) is 12.0 Å². The molecule has 0 saturated heterocycles. The Morgan fingerprint density at radius 2 is 2.19 bits per heavy atom. The summed E-state index contributed by atoms with van der Waals surface area (Å²) in [5, 5.41) is 7.59. The highest BCUT2D eigenvalue weighted by molar-refractivity contribution is 4.89. The summed E-state index contributed by atoms with van der Waals surface area (Å²) in [6.45, 7) is 7.60. The summed E-state index contributed by atoms with van der Waals surface area (Å²) in [5.41, 5.74) is 0. The minimum atomic E-state index is 0.525. The molecule has 0 amide bonds. The number of hydrogen-bond acceptors (Lipinski definition) is 3. The lowest BCUT2D eigenvalue weighted by molar-refractivity contribution is 0.367. The first-order valence-electron chi connectivity index (χ1n) is 6.26. The molecular formula is C12H24N4. The highest BCUT2D eigenvalue weighted by Gasteiger charge is 2.17. The van der Waals surface area contributed by atoms with E-state index >= 15 is 0 Å². The predicted octanol–water partition coefficient (Wildman–Crippen LogP) is 1.86. The van der Waals surface area contributed by atoms with Gasteiger partial charge in [-0.25, -0.2) is 4.98 Å². The van der Waals surface area contributed by atoms with Gasteiger partial charge in [-0.1, -0.05) is 20.3 Å². The van der Waals surface area contributed by atoms with Crippen LogP contribution < -0.4 is 5.32 Å². The smallest absolute Gasteiger partial charge is 0.138 e. The fraction of sp³-hybridized carbons (Fsp3) is 0.833. The molecule has 4 heteroatoms. The Labute approximate surface area is 98.5 Å². The molecule has 0 aromatic carbocycles. The molecule has 0 radical (unpaired) electrons. The summed E-state index contributed by atoms with van der Waals surface area (Å²) in [6.07, 6.45) is 4.95. The van der Waals surface area contributed by atoms with Crippen molar-refractivity contribution in [3.63, 3.8) is 0 Å². The number of hydrogen-bond donors (Lipinski definition) is 1. The molecule has 2 unspecified atom stereocenters. The quantitative estimate of drug-likeness (QED) is 0.769. The van der Waals surface area contributed by atoms with Crippen LogP contribution >= 0.6 is 0 Å². The highest BCUT2D eigenvalue weighted by atomic mass is 15.3. The van der Waals surface area contributed by atoms with E-state index in [1.165, 1.54) is 6.42 Å². The summed E-state index contributed by atoms with van der Waals surface area (Å²) < 4.78 is 2.03. The summed E-state index contributed by atoms with van der Waals surface area (Å²) in [4.78, 5) is 4.36. The van der Waals surface area contributed by atoms with Gasteiger partial charge in [0.25, 0.3) is 0 Å². The zero-order valence-electron chi connectivity index (χ0n) is 10.9. The molecule has 0 aliphatic heterocycles. The van der Waals surface area contributed by atoms with Gasteiger partial charge >= 0.3 is 0 Å². The minimum Gasteiger partial charge on any atom is -0.317 e. The van der Waals surface area contributed by atoms with Crippen LogP contribution in [0.4, 0.5) is 0 Å². The van der Waals surface area contributed by atoms with E-state index in [1.807, 2.05) is 11.7 Å². The van der Waals surface area contributed by atoms with Crippen molar-refractivity contribution in [1.82, 2.24) is 20.1 Å². The van der Waals surface area contributed by atoms with Crippen molar-refractivity contribution in [2.75, 3.05) is 7.05 Å². The second-order valence-electron chi connectivity index (χ2n) is 4.35. The summed E-state index contributed by atoms with van der Waals surface area (Å²) in [7, 11) is 2.02. The van der Waals surface area contributed by atoms with Crippen molar-refractivity contribution in [1.29, 1.82) is 0 Å². The molecule has 16 heavy (non-hydrogen) atoms. The maximum atomic E-state index is 4.36. The number of aryl methyl sites for hydroxylation is 1. The number of rotatable bonds is 7. The van der Waals surface area contributed by atoms with E-state index in [4.69, 9.17) is 0 Å². The summed E-state index contributed by atoms with van der Waals surface area (Å²) in [5.74, 6) is 1.75. The Hall–Kier alpha value is -0.900. The number of nitrogens with zero attached hydrogens (tertiary/aromatic N) is 3. The average molecular weight is 224 g/mol. The van der Waals surface area contributed by atoms with Gasteiger partial charge in [0.2, 0.25) is 0 Å². The SMILES string of the molecule is CCCn1ncnc1CC(CC)C(C)NC. The fourth-order valence-corrected chi connectivity index (χ4v) is 1.99. The molecule has 1 heterocycles. The maximum absolute atomic E-state index is 4.36. The molecule has 0 saturated carbocycles. The fourth-order valence-electron chi connectivity index (χ4n) is 1.99. The van der Waals surface area contributed by atoms with Crippen LogP contribution in [0.15, 0.2) is 6.33 Å². The molecule has 2 atom stereocenters. The molecule has 0 spiro atoms. The van der Waals surface area contributed by atoms with Gasteiger partial charge in [0.15, 0.2) is 0 Å². The van der Waals surface area contributed by atoms with Crippen molar-refractivity contribution < 1.29 is 0 Å². The molecule has 0 bridgehead atoms. The lowest BCUT2D eigenvalue weighted by Crippen LogP contribution is -2.32. The summed E-state index contributed by atoms with van der Waals surface area (Å²) >= 11 is 0. The Morgan fingerprint density at radius 1 is 1.44 bits per heavy atom. The number of nitrogens with one attached hydrogen (secondary N) is 1. The van der Waals surface area contributed by atoms with Crippen LogP contribution in [0.25, 0.3) is 0 Å². The van der Waals surface area contributed by atoms with Crippen molar-refractivity contribution in [3.8, 4) is 0 Å². The van der Waals surface area contributed by atoms with Crippen molar-refractivity contribution in [3.05, 3.63) is 12.2 Å². The van der Waals surface area contributed by atoms with Crippen LogP contribution in [0.2, 0.25) is 0 Å². The first-order valence-corrected chi connectivity index (χ1v) is 6.26. The van der Waals surface area contributed by atoms with Crippen LogP contribution in [-0.4, -0.2) is 27.9 Å². The molecule has 1 rings (SSSR count). The Kier molecular flexibility index (Phi) is 5.46. The molecule has 0 aliphatic carbocycles. The lowest BCUT2D eigenvalue weighted by Gasteiger charge is -2.21. The molecule has 4 nitrogen and oxygen atoms in total. The molecule has 1 aromatic heterocycles. The molecule has 0 fully saturated rings. The Balaban J connectivity index is 2.66. The predicted molar refractivity (Wildman–Crippen MR) is 66.3 cm³/mol. The van der Waals surface area contributed by atoms with Crippen LogP contribution in [0.1, 0.15) is 39.4 Å². The lowest BCUT2D eigenvalue weighted by atomic mass is 9.94. The zero-order chi connectivity index (χ0) is 12.0. The maximum Gasteiger partial charge on any atom is 0.138 e. The van der Waals surface area contributed by atoms with Crippen molar-refractivity contribution >= 4 is 0 Å². The second-order valence-corrected chi connectivity index (χ2v) is 4.35. The van der Waals surface area contributed by atoms with Gasteiger partial charge in [0, 0.05) is 19.0 Å². The standard InChI is InChI=1S/C12H24N4/c1-5-7-16-12(14-9-15-16)8-11(6-2)10(3)13-4/h9-11,13H,5-8H2,1-4H3. The number of aromatic nitrogens is 3. The second kappa shape index (κ2) is 6.63. The monoisotopic (exact) mass is 224 g/mol. The third-order valence-corrected chi connectivity index (χ3v) is 3.26. The first kappa shape index (κ1) is 13.2. The van der Waals surface area contributed by atoms with Crippen LogP contribution in [0.3, 0.4) is 0 Å². The average Bonchev–Trinajstić information content (AvgIpc) is 2.73.